The van der Waals surface area contributed by atoms with Crippen molar-refractivity contribution in [3.63, 3.8) is 0 Å². The molecule has 0 amide bonds. The van der Waals surface area contributed by atoms with E-state index in [1.165, 1.54) is 6.07 Å². The van der Waals surface area contributed by atoms with Gasteiger partial charge in [-0.1, -0.05) is 32.9 Å². The Hall–Kier alpha value is -2.41. The van der Waals surface area contributed by atoms with Crippen molar-refractivity contribution in [2.75, 3.05) is 30.3 Å². The van der Waals surface area contributed by atoms with Crippen LogP contribution in [0.15, 0.2) is 30.6 Å². The predicted molar refractivity (Wildman–Crippen MR) is 110 cm³/mol. The minimum atomic E-state index is -0.571. The largest absolute Gasteiger partial charge is 0.505 e. The van der Waals surface area contributed by atoms with E-state index < -0.39 is 5.82 Å². The maximum atomic E-state index is 13.5. The normalized spacial score (nSPS) is 17.6. The van der Waals surface area contributed by atoms with E-state index in [1.54, 1.807) is 18.5 Å². The van der Waals surface area contributed by atoms with E-state index in [-0.39, 0.29) is 17.2 Å². The summed E-state index contributed by atoms with van der Waals surface area (Å²) in [7, 11) is 0. The third-order valence-corrected chi connectivity index (χ3v) is 4.94. The van der Waals surface area contributed by atoms with Gasteiger partial charge in [-0.2, -0.15) is 0 Å². The fourth-order valence-corrected chi connectivity index (χ4v) is 3.33. The number of para-hydroxylation sites is 1. The standard InChI is InChI=1S/C21H30FN5O/c1-21(2,3)8-9-23-18-11-19(25-14-24-18)26-16-7-10-27(13-16)12-15-5-4-6-17(22)20(15)28/h4-6,11,14,16,28H,7-10,12-13H2,1-3H3,(H2,23,24,25,26)/t16-/m0/s1. The van der Waals surface area contributed by atoms with Crippen LogP contribution in [0.3, 0.4) is 0 Å². The van der Waals surface area contributed by atoms with E-state index in [1.807, 2.05) is 6.07 Å². The Kier molecular flexibility index (Phi) is 6.34. The topological polar surface area (TPSA) is 73.3 Å². The molecule has 7 heteroatoms. The van der Waals surface area contributed by atoms with Crippen molar-refractivity contribution >= 4 is 11.6 Å². The highest BCUT2D eigenvalue weighted by Gasteiger charge is 2.24. The first-order chi connectivity index (χ1) is 13.3. The summed E-state index contributed by atoms with van der Waals surface area (Å²) in [4.78, 5) is 10.8. The molecule has 0 spiro atoms. The highest BCUT2D eigenvalue weighted by Crippen LogP contribution is 2.25. The fourth-order valence-electron chi connectivity index (χ4n) is 3.33. The molecule has 3 N–H and O–H groups in total. The molecule has 0 bridgehead atoms. The van der Waals surface area contributed by atoms with Crippen molar-refractivity contribution < 1.29 is 9.50 Å². The zero-order chi connectivity index (χ0) is 20.1. The minimum Gasteiger partial charge on any atom is -0.505 e. The summed E-state index contributed by atoms with van der Waals surface area (Å²) < 4.78 is 13.5. The highest BCUT2D eigenvalue weighted by atomic mass is 19.1. The Morgan fingerprint density at radius 2 is 2.04 bits per heavy atom. The van der Waals surface area contributed by atoms with Crippen LogP contribution in [0.2, 0.25) is 0 Å². The van der Waals surface area contributed by atoms with Crippen molar-refractivity contribution in [2.24, 2.45) is 5.41 Å². The summed E-state index contributed by atoms with van der Waals surface area (Å²) in [6, 6.07) is 6.86. The van der Waals surface area contributed by atoms with E-state index in [0.717, 1.165) is 44.1 Å². The monoisotopic (exact) mass is 387 g/mol. The Bertz CT molecular complexity index is 793. The molecule has 1 aliphatic rings. The molecule has 1 aromatic carbocycles. The number of hydrogen-bond donors (Lipinski definition) is 3. The molecule has 2 aromatic rings. The number of phenols is 1. The van der Waals surface area contributed by atoms with Gasteiger partial charge in [0, 0.05) is 43.9 Å². The predicted octanol–water partition coefficient (Wildman–Crippen LogP) is 3.86. The SMILES string of the molecule is CC(C)(C)CCNc1cc(N[C@H]2CCN(Cc3cccc(F)c3O)C2)ncn1. The van der Waals surface area contributed by atoms with Gasteiger partial charge in [0.25, 0.3) is 0 Å². The molecule has 1 aromatic heterocycles. The van der Waals surface area contributed by atoms with Crippen LogP contribution in [0.4, 0.5) is 16.0 Å². The summed E-state index contributed by atoms with van der Waals surface area (Å²) in [5, 5.41) is 16.7. The van der Waals surface area contributed by atoms with Crippen LogP contribution in [-0.2, 0) is 6.54 Å². The van der Waals surface area contributed by atoms with E-state index >= 15 is 0 Å². The lowest BCUT2D eigenvalue weighted by Gasteiger charge is -2.19. The molecule has 1 fully saturated rings. The average Bonchev–Trinajstić information content (AvgIpc) is 3.05. The third-order valence-electron chi connectivity index (χ3n) is 4.94. The van der Waals surface area contributed by atoms with Crippen molar-refractivity contribution in [1.82, 2.24) is 14.9 Å². The first-order valence-corrected chi connectivity index (χ1v) is 9.81. The molecule has 1 saturated heterocycles. The molecular formula is C21H30FN5O. The fraction of sp³-hybridized carbons (Fsp3) is 0.524. The number of nitrogens with zero attached hydrogens (tertiary/aromatic N) is 3. The zero-order valence-electron chi connectivity index (χ0n) is 16.9. The molecule has 3 rings (SSSR count). The molecule has 6 nitrogen and oxygen atoms in total. The van der Waals surface area contributed by atoms with E-state index in [4.69, 9.17) is 0 Å². The van der Waals surface area contributed by atoms with Crippen molar-refractivity contribution in [1.29, 1.82) is 0 Å². The third kappa shape index (κ3) is 5.79. The van der Waals surface area contributed by atoms with Crippen molar-refractivity contribution in [2.45, 2.75) is 46.2 Å². The second-order valence-corrected chi connectivity index (χ2v) is 8.64. The van der Waals surface area contributed by atoms with Gasteiger partial charge >= 0.3 is 0 Å². The van der Waals surface area contributed by atoms with Crippen LogP contribution in [0.1, 0.15) is 39.2 Å². The molecule has 0 aliphatic carbocycles. The van der Waals surface area contributed by atoms with Crippen molar-refractivity contribution in [3.05, 3.63) is 42.0 Å². The molecule has 28 heavy (non-hydrogen) atoms. The molecule has 152 valence electrons. The number of hydrogen-bond acceptors (Lipinski definition) is 6. The van der Waals surface area contributed by atoms with Gasteiger partial charge in [-0.3, -0.25) is 4.90 Å². The summed E-state index contributed by atoms with van der Waals surface area (Å²) in [6.07, 6.45) is 3.59. The van der Waals surface area contributed by atoms with Gasteiger partial charge in [0.05, 0.1) is 0 Å². The first kappa shape index (κ1) is 20.3. The lowest BCUT2D eigenvalue weighted by molar-refractivity contribution is 0.318. The second-order valence-electron chi connectivity index (χ2n) is 8.64. The van der Waals surface area contributed by atoms with Crippen molar-refractivity contribution in [3.8, 4) is 5.75 Å². The maximum absolute atomic E-state index is 13.5. The average molecular weight is 388 g/mol. The number of phenolic OH excluding ortho intramolecular Hbond substituents is 1. The molecule has 1 aliphatic heterocycles. The number of anilines is 2. The van der Waals surface area contributed by atoms with Gasteiger partial charge in [0.2, 0.25) is 0 Å². The van der Waals surface area contributed by atoms with Crippen LogP contribution in [0, 0.1) is 11.2 Å². The Balaban J connectivity index is 1.51. The Labute approximate surface area is 166 Å². The van der Waals surface area contributed by atoms with Crippen LogP contribution >= 0.6 is 0 Å². The number of aromatic nitrogens is 2. The van der Waals surface area contributed by atoms with E-state index in [0.29, 0.717) is 12.1 Å². The number of halogens is 1. The maximum Gasteiger partial charge on any atom is 0.165 e. The number of rotatable bonds is 7. The van der Waals surface area contributed by atoms with Crippen LogP contribution in [0.25, 0.3) is 0 Å². The molecule has 0 unspecified atom stereocenters. The molecule has 1 atom stereocenters. The summed E-state index contributed by atoms with van der Waals surface area (Å²) in [6.45, 7) is 9.76. The summed E-state index contributed by atoms with van der Waals surface area (Å²) in [5.41, 5.74) is 0.901. The van der Waals surface area contributed by atoms with Gasteiger partial charge in [-0.05, 0) is 24.3 Å². The Morgan fingerprint density at radius 3 is 2.82 bits per heavy atom. The zero-order valence-corrected chi connectivity index (χ0v) is 16.9. The van der Waals surface area contributed by atoms with Crippen LogP contribution in [0.5, 0.6) is 5.75 Å². The molecule has 0 radical (unpaired) electrons. The number of aromatic hydroxyl groups is 1. The number of nitrogens with one attached hydrogen (secondary N) is 2. The van der Waals surface area contributed by atoms with E-state index in [2.05, 4.69) is 46.3 Å². The Morgan fingerprint density at radius 1 is 1.25 bits per heavy atom. The van der Waals surface area contributed by atoms with Gasteiger partial charge in [-0.25, -0.2) is 14.4 Å². The lowest BCUT2D eigenvalue weighted by Crippen LogP contribution is -2.26. The van der Waals surface area contributed by atoms with E-state index in [9.17, 15) is 9.50 Å². The first-order valence-electron chi connectivity index (χ1n) is 9.81. The summed E-state index contributed by atoms with van der Waals surface area (Å²) in [5.74, 6) is 0.800. The smallest absolute Gasteiger partial charge is 0.165 e. The van der Waals surface area contributed by atoms with Gasteiger partial charge in [0.15, 0.2) is 11.6 Å². The quantitative estimate of drug-likeness (QED) is 0.670. The van der Waals surface area contributed by atoms with Crippen LogP contribution < -0.4 is 10.6 Å². The molecule has 2 heterocycles. The number of likely N-dealkylation sites (tertiary alicyclic amines) is 1. The number of benzene rings is 1. The van der Waals surface area contributed by atoms with Gasteiger partial charge in [0.1, 0.15) is 18.0 Å². The summed E-state index contributed by atoms with van der Waals surface area (Å²) >= 11 is 0. The highest BCUT2D eigenvalue weighted by molar-refractivity contribution is 5.47. The minimum absolute atomic E-state index is 0.249. The molecule has 0 saturated carbocycles. The molecular weight excluding hydrogens is 357 g/mol. The van der Waals surface area contributed by atoms with Gasteiger partial charge < -0.3 is 15.7 Å². The second kappa shape index (κ2) is 8.73. The lowest BCUT2D eigenvalue weighted by atomic mass is 9.92. The van der Waals surface area contributed by atoms with Crippen LogP contribution in [-0.4, -0.2) is 45.7 Å². The van der Waals surface area contributed by atoms with Gasteiger partial charge in [-0.15, -0.1) is 0 Å².